The van der Waals surface area contributed by atoms with Crippen LogP contribution in [0.15, 0.2) is 158 Å². The number of carbonyl (C=O) groups is 1. The lowest BCUT2D eigenvalue weighted by Gasteiger charge is -2.37. The van der Waals surface area contributed by atoms with E-state index in [4.69, 9.17) is 10.1 Å². The lowest BCUT2D eigenvalue weighted by molar-refractivity contribution is 0.0864. The number of benzene rings is 5. The Kier molecular flexibility index (Phi) is 6.50. The molecule has 7 heteroatoms. The number of pyridine rings is 1. The summed E-state index contributed by atoms with van der Waals surface area (Å²) < 4.78 is 2.15. The molecule has 1 amide bonds. The van der Waals surface area contributed by atoms with Crippen molar-refractivity contribution >= 4 is 27.8 Å². The molecule has 0 radical (unpaired) electrons. The fraction of sp³-hybridized carbons (Fsp3) is 0.0732. The van der Waals surface area contributed by atoms with Gasteiger partial charge in [-0.25, -0.2) is 9.67 Å². The highest BCUT2D eigenvalue weighted by Crippen LogP contribution is 2.44. The summed E-state index contributed by atoms with van der Waals surface area (Å²) >= 11 is 0. The van der Waals surface area contributed by atoms with Gasteiger partial charge in [-0.2, -0.15) is 5.10 Å². The fourth-order valence-corrected chi connectivity index (χ4v) is 7.06. The van der Waals surface area contributed by atoms with Gasteiger partial charge in [0.1, 0.15) is 11.2 Å². The van der Waals surface area contributed by atoms with Gasteiger partial charge in [0, 0.05) is 29.9 Å². The van der Waals surface area contributed by atoms with Crippen molar-refractivity contribution in [2.75, 3.05) is 6.54 Å². The number of aromatic nitrogens is 5. The zero-order chi connectivity index (χ0) is 32.1. The topological polar surface area (TPSA) is 79.5 Å². The van der Waals surface area contributed by atoms with Gasteiger partial charge in [0.2, 0.25) is 0 Å². The van der Waals surface area contributed by atoms with Crippen molar-refractivity contribution in [1.82, 2.24) is 29.6 Å². The number of aromatic amines is 1. The number of nitrogens with one attached hydrogen (secondary N) is 1. The van der Waals surface area contributed by atoms with Crippen LogP contribution in [-0.4, -0.2) is 42.1 Å². The van der Waals surface area contributed by atoms with E-state index in [1.165, 1.54) is 0 Å². The first-order valence-corrected chi connectivity index (χ1v) is 16.1. The van der Waals surface area contributed by atoms with E-state index >= 15 is 0 Å². The number of nitrogens with zero attached hydrogens (tertiary/aromatic N) is 5. The third-order valence-electron chi connectivity index (χ3n) is 9.39. The molecule has 1 N–H and O–H groups in total. The first kappa shape index (κ1) is 27.9. The van der Waals surface area contributed by atoms with E-state index < -0.39 is 5.54 Å². The summed E-state index contributed by atoms with van der Waals surface area (Å²) in [5, 5.41) is 6.41. The van der Waals surface area contributed by atoms with Crippen LogP contribution in [-0.2, 0) is 5.54 Å². The Balaban J connectivity index is 1.30. The van der Waals surface area contributed by atoms with E-state index in [0.717, 1.165) is 49.9 Å². The minimum Gasteiger partial charge on any atom is -0.334 e. The third-order valence-corrected chi connectivity index (χ3v) is 9.39. The summed E-state index contributed by atoms with van der Waals surface area (Å²) in [7, 11) is 0. The maximum Gasteiger partial charge on any atom is 0.290 e. The number of rotatable bonds is 7. The number of hydrogen-bond donors (Lipinski definition) is 1. The van der Waals surface area contributed by atoms with Crippen molar-refractivity contribution in [3.63, 3.8) is 0 Å². The van der Waals surface area contributed by atoms with Crippen molar-refractivity contribution in [2.24, 2.45) is 0 Å². The molecule has 1 aliphatic rings. The van der Waals surface area contributed by atoms with Crippen LogP contribution >= 0.6 is 0 Å². The van der Waals surface area contributed by atoms with Gasteiger partial charge in [0.15, 0.2) is 5.82 Å². The molecule has 1 saturated heterocycles. The van der Waals surface area contributed by atoms with Crippen LogP contribution in [0.4, 0.5) is 0 Å². The molecular formula is C41H30N6O. The third kappa shape index (κ3) is 4.43. The molecule has 1 atom stereocenters. The molecule has 0 saturated carbocycles. The highest BCUT2D eigenvalue weighted by molar-refractivity contribution is 6.03. The predicted octanol–water partition coefficient (Wildman–Crippen LogP) is 8.01. The molecule has 1 aliphatic heterocycles. The van der Waals surface area contributed by atoms with Crippen molar-refractivity contribution in [3.8, 4) is 11.3 Å². The number of imidazole rings is 1. The van der Waals surface area contributed by atoms with Crippen LogP contribution in [0.5, 0.6) is 0 Å². The van der Waals surface area contributed by atoms with Gasteiger partial charge in [-0.05, 0) is 46.5 Å². The van der Waals surface area contributed by atoms with E-state index in [-0.39, 0.29) is 11.9 Å². The van der Waals surface area contributed by atoms with Crippen LogP contribution in [0.2, 0.25) is 0 Å². The minimum absolute atomic E-state index is 0.0704. The lowest BCUT2D eigenvalue weighted by Crippen LogP contribution is -2.38. The van der Waals surface area contributed by atoms with E-state index in [1.54, 1.807) is 12.4 Å². The van der Waals surface area contributed by atoms with Crippen molar-refractivity contribution in [2.45, 2.75) is 11.6 Å². The van der Waals surface area contributed by atoms with Crippen molar-refractivity contribution in [3.05, 3.63) is 186 Å². The molecule has 3 aromatic heterocycles. The summed E-state index contributed by atoms with van der Waals surface area (Å²) in [6, 6.07) is 49.9. The fourth-order valence-electron chi connectivity index (χ4n) is 7.06. The molecule has 0 aliphatic carbocycles. The summed E-state index contributed by atoms with van der Waals surface area (Å²) in [5.41, 5.74) is 7.66. The van der Waals surface area contributed by atoms with Gasteiger partial charge in [0.25, 0.3) is 5.91 Å². The number of H-pyrrole nitrogens is 1. The normalized spacial score (nSPS) is 14.4. The predicted molar refractivity (Wildman–Crippen MR) is 187 cm³/mol. The second kappa shape index (κ2) is 11.2. The second-order valence-corrected chi connectivity index (χ2v) is 12.2. The minimum atomic E-state index is -0.831. The van der Waals surface area contributed by atoms with Crippen molar-refractivity contribution < 1.29 is 4.79 Å². The maximum absolute atomic E-state index is 13.7. The first-order valence-electron chi connectivity index (χ1n) is 16.1. The molecule has 7 nitrogen and oxygen atoms in total. The second-order valence-electron chi connectivity index (χ2n) is 12.2. The van der Waals surface area contributed by atoms with Crippen molar-refractivity contribution in [1.29, 1.82) is 0 Å². The van der Waals surface area contributed by atoms with Gasteiger partial charge >= 0.3 is 0 Å². The summed E-state index contributed by atoms with van der Waals surface area (Å²) in [6.45, 7) is 0.677. The van der Waals surface area contributed by atoms with Gasteiger partial charge < -0.3 is 9.88 Å². The van der Waals surface area contributed by atoms with Crippen LogP contribution < -0.4 is 0 Å². The number of fused-ring (bicyclic) bond motifs is 2. The molecule has 48 heavy (non-hydrogen) atoms. The Morgan fingerprint density at radius 1 is 0.708 bits per heavy atom. The largest absolute Gasteiger partial charge is 0.334 e. The van der Waals surface area contributed by atoms with Crippen LogP contribution in [0.3, 0.4) is 0 Å². The molecule has 5 aromatic carbocycles. The summed E-state index contributed by atoms with van der Waals surface area (Å²) in [4.78, 5) is 28.0. The number of carbonyl (C=O) groups excluding carboxylic acids is 1. The average molecular weight is 623 g/mol. The van der Waals surface area contributed by atoms with Crippen LogP contribution in [0, 0.1) is 0 Å². The van der Waals surface area contributed by atoms with Crippen LogP contribution in [0.25, 0.3) is 33.2 Å². The Bertz CT molecular complexity index is 2290. The van der Waals surface area contributed by atoms with Gasteiger partial charge in [0.05, 0.1) is 22.6 Å². The molecule has 8 aromatic rings. The Morgan fingerprint density at radius 3 is 1.85 bits per heavy atom. The smallest absolute Gasteiger partial charge is 0.290 e. The average Bonchev–Trinajstić information content (AvgIpc) is 3.73. The number of amides is 1. The molecule has 0 spiro atoms. The Morgan fingerprint density at radius 2 is 1.27 bits per heavy atom. The van der Waals surface area contributed by atoms with E-state index in [0.29, 0.717) is 17.9 Å². The molecular weight excluding hydrogens is 592 g/mol. The molecule has 0 bridgehead atoms. The lowest BCUT2D eigenvalue weighted by atomic mass is 9.77. The van der Waals surface area contributed by atoms with Gasteiger partial charge in [-0.15, -0.1) is 0 Å². The highest BCUT2D eigenvalue weighted by atomic mass is 16.2. The molecule has 9 rings (SSSR count). The summed E-state index contributed by atoms with van der Waals surface area (Å²) in [6.07, 6.45) is 3.58. The van der Waals surface area contributed by atoms with E-state index in [9.17, 15) is 4.79 Å². The SMILES string of the molecule is O=C(c1nc2cc3c(-c4ccncc4)nn(C(c4ccccc4)(c4ccccc4)c4ccccc4)c3cc2[nH]1)N1CC1c1ccccc1. The first-order chi connectivity index (χ1) is 23.7. The van der Waals surface area contributed by atoms with Gasteiger partial charge in [-0.1, -0.05) is 121 Å². The van der Waals surface area contributed by atoms with Gasteiger partial charge in [-0.3, -0.25) is 9.78 Å². The van der Waals surface area contributed by atoms with E-state index in [1.807, 2.05) is 53.4 Å². The Labute approximate surface area is 277 Å². The maximum atomic E-state index is 13.7. The standard InChI is InChI=1S/C41H30N6O/c48-40(46-27-37(46)28-13-5-1-6-14-28)39-43-34-25-33-36(26-35(34)44-39)47(45-38(33)29-21-23-42-24-22-29)41(30-15-7-2-8-16-30,31-17-9-3-10-18-31)32-19-11-4-12-20-32/h1-26,37H,27H2,(H,43,44). The highest BCUT2D eigenvalue weighted by Gasteiger charge is 2.42. The molecule has 1 unspecified atom stereocenters. The zero-order valence-corrected chi connectivity index (χ0v) is 25.9. The molecule has 230 valence electrons. The van der Waals surface area contributed by atoms with E-state index in [2.05, 4.69) is 112 Å². The zero-order valence-electron chi connectivity index (χ0n) is 25.9. The summed E-state index contributed by atoms with van der Waals surface area (Å²) in [5.74, 6) is 0.230. The number of hydrogen-bond acceptors (Lipinski definition) is 4. The Hall–Kier alpha value is -6.34. The molecule has 4 heterocycles. The monoisotopic (exact) mass is 622 g/mol. The molecule has 1 fully saturated rings. The quantitative estimate of drug-likeness (QED) is 0.144. The van der Waals surface area contributed by atoms with Crippen LogP contribution in [0.1, 0.15) is 38.9 Å².